The second-order valence-corrected chi connectivity index (χ2v) is 5.79. The third-order valence-electron chi connectivity index (χ3n) is 3.48. The van der Waals surface area contributed by atoms with E-state index in [0.717, 1.165) is 24.3 Å². The van der Waals surface area contributed by atoms with Crippen LogP contribution in [0.4, 0.5) is 0 Å². The van der Waals surface area contributed by atoms with Crippen molar-refractivity contribution in [2.75, 3.05) is 13.6 Å². The van der Waals surface area contributed by atoms with Gasteiger partial charge in [0.25, 0.3) is 5.91 Å². The third kappa shape index (κ3) is 3.17. The Hall–Kier alpha value is -1.20. The van der Waals surface area contributed by atoms with Gasteiger partial charge in [-0.15, -0.1) is 11.3 Å². The monoisotopic (exact) mass is 266 g/mol. The zero-order valence-electron chi connectivity index (χ0n) is 10.9. The number of nitrogens with zero attached hydrogens (tertiary/aromatic N) is 1. The van der Waals surface area contributed by atoms with Crippen LogP contribution in [0, 0.1) is 6.92 Å². The Balaban J connectivity index is 1.88. The van der Waals surface area contributed by atoms with E-state index in [4.69, 9.17) is 0 Å². The van der Waals surface area contributed by atoms with Gasteiger partial charge in [0.15, 0.2) is 6.04 Å². The van der Waals surface area contributed by atoms with E-state index < -0.39 is 0 Å². The van der Waals surface area contributed by atoms with Crippen LogP contribution in [0.5, 0.6) is 0 Å². The van der Waals surface area contributed by atoms with E-state index in [-0.39, 0.29) is 11.9 Å². The molecule has 1 aliphatic heterocycles. The number of hydrazone groups is 1. The lowest BCUT2D eigenvalue weighted by Crippen LogP contribution is -3.15. The lowest BCUT2D eigenvalue weighted by molar-refractivity contribution is -0.901. The molecule has 0 aromatic carbocycles. The summed E-state index contributed by atoms with van der Waals surface area (Å²) >= 11 is 1.63. The number of carbonyl (C=O) groups excluding carboxylic acids is 1. The molecule has 0 spiro atoms. The molecule has 1 saturated heterocycles. The van der Waals surface area contributed by atoms with Crippen LogP contribution in [0.3, 0.4) is 0 Å². The van der Waals surface area contributed by atoms with Crippen LogP contribution < -0.4 is 10.3 Å². The summed E-state index contributed by atoms with van der Waals surface area (Å²) in [5.74, 6) is 0.0395. The Morgan fingerprint density at radius 1 is 1.61 bits per heavy atom. The minimum Gasteiger partial charge on any atom is -0.327 e. The summed E-state index contributed by atoms with van der Waals surface area (Å²) in [6, 6.07) is 2.10. The van der Waals surface area contributed by atoms with Gasteiger partial charge in [0.1, 0.15) is 0 Å². The Morgan fingerprint density at radius 2 is 2.44 bits per heavy atom. The normalized spacial score (nSPS) is 24.3. The number of amides is 1. The first-order chi connectivity index (χ1) is 8.68. The van der Waals surface area contributed by atoms with E-state index in [1.54, 1.807) is 17.6 Å². The number of hydrogen-bond donors (Lipinski definition) is 2. The lowest BCUT2D eigenvalue weighted by Gasteiger charge is -2.27. The first-order valence-corrected chi connectivity index (χ1v) is 7.26. The topological polar surface area (TPSA) is 45.9 Å². The summed E-state index contributed by atoms with van der Waals surface area (Å²) < 4.78 is 0. The van der Waals surface area contributed by atoms with Gasteiger partial charge < -0.3 is 4.90 Å². The third-order valence-corrected chi connectivity index (χ3v) is 4.44. The van der Waals surface area contributed by atoms with Gasteiger partial charge >= 0.3 is 0 Å². The molecule has 2 atom stereocenters. The van der Waals surface area contributed by atoms with Crippen LogP contribution in [-0.2, 0) is 4.79 Å². The molecule has 0 bridgehead atoms. The van der Waals surface area contributed by atoms with Crippen molar-refractivity contribution in [2.45, 2.75) is 32.2 Å². The fraction of sp³-hybridized carbons (Fsp3) is 0.538. The first kappa shape index (κ1) is 13.2. The van der Waals surface area contributed by atoms with Gasteiger partial charge in [-0.1, -0.05) is 0 Å². The fourth-order valence-electron chi connectivity index (χ4n) is 2.28. The lowest BCUT2D eigenvalue weighted by atomic mass is 10.0. The van der Waals surface area contributed by atoms with E-state index >= 15 is 0 Å². The Labute approximate surface area is 112 Å². The fourth-order valence-corrected chi connectivity index (χ4v) is 3.06. The molecule has 1 unspecified atom stereocenters. The summed E-state index contributed by atoms with van der Waals surface area (Å²) in [7, 11) is 2.08. The number of hydrogen-bond acceptors (Lipinski definition) is 3. The maximum atomic E-state index is 12.0. The van der Waals surface area contributed by atoms with Gasteiger partial charge in [0, 0.05) is 11.3 Å². The highest BCUT2D eigenvalue weighted by atomic mass is 32.1. The molecule has 4 nitrogen and oxygen atoms in total. The van der Waals surface area contributed by atoms with Crippen molar-refractivity contribution in [3.05, 3.63) is 21.9 Å². The van der Waals surface area contributed by atoms with Gasteiger partial charge in [-0.3, -0.25) is 4.79 Å². The van der Waals surface area contributed by atoms with Crippen molar-refractivity contribution in [3.63, 3.8) is 0 Å². The predicted molar refractivity (Wildman–Crippen MR) is 74.2 cm³/mol. The molecule has 98 valence electrons. The molecule has 1 fully saturated rings. The minimum absolute atomic E-state index is 0.0395. The molecular formula is C13H20N3OS+. The average Bonchev–Trinajstić information content (AvgIpc) is 2.75. The van der Waals surface area contributed by atoms with Crippen LogP contribution in [0.15, 0.2) is 16.5 Å². The Bertz CT molecular complexity index is 441. The molecule has 2 heterocycles. The number of aryl methyl sites for hydroxylation is 1. The zero-order chi connectivity index (χ0) is 13.0. The zero-order valence-corrected chi connectivity index (χ0v) is 11.7. The van der Waals surface area contributed by atoms with Gasteiger partial charge in [-0.25, -0.2) is 5.43 Å². The van der Waals surface area contributed by atoms with Crippen LogP contribution in [-0.4, -0.2) is 31.8 Å². The van der Waals surface area contributed by atoms with Gasteiger partial charge in [-0.05, 0) is 36.8 Å². The standard InChI is InChI=1S/C13H19N3OS/c1-10-6-8-18-12(10)9-14-15-13(17)11-5-3-4-7-16(11)2/h6,8-9,11H,3-5,7H2,1-2H3,(H,15,17)/p+1/b14-9-/t11-/m0/s1. The Kier molecular flexibility index (Phi) is 4.49. The molecule has 0 radical (unpaired) electrons. The summed E-state index contributed by atoms with van der Waals surface area (Å²) in [5.41, 5.74) is 3.86. The highest BCUT2D eigenvalue weighted by Crippen LogP contribution is 2.12. The molecule has 1 aliphatic rings. The van der Waals surface area contributed by atoms with Crippen LogP contribution in [0.25, 0.3) is 0 Å². The van der Waals surface area contributed by atoms with E-state index in [2.05, 4.69) is 17.6 Å². The molecule has 1 amide bonds. The van der Waals surface area contributed by atoms with Gasteiger partial charge in [0.2, 0.25) is 0 Å². The van der Waals surface area contributed by atoms with E-state index in [1.165, 1.54) is 16.9 Å². The van der Waals surface area contributed by atoms with Crippen molar-refractivity contribution in [3.8, 4) is 0 Å². The number of likely N-dealkylation sites (tertiary alicyclic amines) is 1. The number of quaternary nitrogens is 1. The van der Waals surface area contributed by atoms with E-state index in [1.807, 2.05) is 18.4 Å². The van der Waals surface area contributed by atoms with Crippen LogP contribution in [0.2, 0.25) is 0 Å². The summed E-state index contributed by atoms with van der Waals surface area (Å²) in [6.45, 7) is 3.12. The summed E-state index contributed by atoms with van der Waals surface area (Å²) in [4.78, 5) is 14.4. The molecule has 1 aromatic rings. The maximum absolute atomic E-state index is 12.0. The molecule has 0 aliphatic carbocycles. The van der Waals surface area contributed by atoms with Crippen LogP contribution in [0.1, 0.15) is 29.7 Å². The van der Waals surface area contributed by atoms with Crippen molar-refractivity contribution < 1.29 is 9.69 Å². The van der Waals surface area contributed by atoms with Crippen molar-refractivity contribution >= 4 is 23.5 Å². The first-order valence-electron chi connectivity index (χ1n) is 6.38. The van der Waals surface area contributed by atoms with Crippen molar-refractivity contribution in [1.29, 1.82) is 0 Å². The second kappa shape index (κ2) is 6.11. The van der Waals surface area contributed by atoms with Gasteiger partial charge in [0.05, 0.1) is 19.8 Å². The molecule has 5 heteroatoms. The second-order valence-electron chi connectivity index (χ2n) is 4.85. The maximum Gasteiger partial charge on any atom is 0.298 e. The number of nitrogens with one attached hydrogen (secondary N) is 2. The number of rotatable bonds is 3. The molecule has 2 rings (SSSR count). The number of likely N-dealkylation sites (N-methyl/N-ethyl adjacent to an activating group) is 1. The average molecular weight is 266 g/mol. The summed E-state index contributed by atoms with van der Waals surface area (Å²) in [5, 5.41) is 6.08. The highest BCUT2D eigenvalue weighted by molar-refractivity contribution is 7.11. The smallest absolute Gasteiger partial charge is 0.298 e. The SMILES string of the molecule is Cc1ccsc1/C=N\NC(=O)[C@@H]1CCCC[NH+]1C. The molecular weight excluding hydrogens is 246 g/mol. The highest BCUT2D eigenvalue weighted by Gasteiger charge is 2.29. The van der Waals surface area contributed by atoms with Crippen LogP contribution >= 0.6 is 11.3 Å². The van der Waals surface area contributed by atoms with Crippen molar-refractivity contribution in [1.82, 2.24) is 5.43 Å². The minimum atomic E-state index is 0.0395. The molecule has 18 heavy (non-hydrogen) atoms. The largest absolute Gasteiger partial charge is 0.327 e. The van der Waals surface area contributed by atoms with Crippen molar-refractivity contribution in [2.24, 2.45) is 5.10 Å². The number of thiophene rings is 1. The van der Waals surface area contributed by atoms with E-state index in [9.17, 15) is 4.79 Å². The Morgan fingerprint density at radius 3 is 3.11 bits per heavy atom. The number of piperidine rings is 1. The quantitative estimate of drug-likeness (QED) is 0.610. The summed E-state index contributed by atoms with van der Waals surface area (Å²) in [6.07, 6.45) is 5.05. The molecule has 0 saturated carbocycles. The predicted octanol–water partition coefficient (Wildman–Crippen LogP) is 0.574. The molecule has 1 aromatic heterocycles. The van der Waals surface area contributed by atoms with Gasteiger partial charge in [-0.2, -0.15) is 5.10 Å². The molecule has 2 N–H and O–H groups in total. The number of carbonyl (C=O) groups is 1. The van der Waals surface area contributed by atoms with E-state index in [0.29, 0.717) is 0 Å².